The second-order valence-corrected chi connectivity index (χ2v) is 7.63. The monoisotopic (exact) mass is 460 g/mol. The maximum absolute atomic E-state index is 12.4. The summed E-state index contributed by atoms with van der Waals surface area (Å²) < 4.78 is 16.8. The van der Waals surface area contributed by atoms with Gasteiger partial charge in [-0.2, -0.15) is 5.10 Å². The number of esters is 1. The Morgan fingerprint density at radius 1 is 0.912 bits per heavy atom. The minimum absolute atomic E-state index is 0.152. The quantitative estimate of drug-likeness (QED) is 0.215. The lowest BCUT2D eigenvalue weighted by Gasteiger charge is -2.13. The molecule has 1 N–H and O–H groups in total. The molecule has 0 fully saturated rings. The van der Waals surface area contributed by atoms with Gasteiger partial charge < -0.3 is 14.2 Å². The Hall–Kier alpha value is -4.13. The van der Waals surface area contributed by atoms with Gasteiger partial charge in [0.25, 0.3) is 5.91 Å². The molecule has 0 saturated heterocycles. The lowest BCUT2D eigenvalue weighted by atomic mass is 10.1. The van der Waals surface area contributed by atoms with Crippen LogP contribution in [0.15, 0.2) is 65.8 Å². The summed E-state index contributed by atoms with van der Waals surface area (Å²) in [4.78, 5) is 24.5. The Morgan fingerprint density at radius 2 is 1.65 bits per heavy atom. The fourth-order valence-corrected chi connectivity index (χ4v) is 3.19. The fraction of sp³-hybridized carbons (Fsp3) is 0.222. The molecule has 0 aromatic heterocycles. The van der Waals surface area contributed by atoms with Gasteiger partial charge in [-0.25, -0.2) is 10.2 Å². The molecule has 0 unspecified atom stereocenters. The van der Waals surface area contributed by atoms with Gasteiger partial charge in [0.1, 0.15) is 5.75 Å². The Labute approximate surface area is 199 Å². The van der Waals surface area contributed by atoms with Crippen LogP contribution in [0.5, 0.6) is 17.2 Å². The largest absolute Gasteiger partial charge is 0.490 e. The van der Waals surface area contributed by atoms with E-state index < -0.39 is 5.97 Å². The molecule has 7 heteroatoms. The van der Waals surface area contributed by atoms with Crippen molar-refractivity contribution in [3.63, 3.8) is 0 Å². The van der Waals surface area contributed by atoms with Crippen LogP contribution in [0.2, 0.25) is 0 Å². The first kappa shape index (κ1) is 24.5. The lowest BCUT2D eigenvalue weighted by Crippen LogP contribution is -2.25. The van der Waals surface area contributed by atoms with Gasteiger partial charge in [0, 0.05) is 0 Å². The Balaban J connectivity index is 1.61. The zero-order valence-electron chi connectivity index (χ0n) is 19.8. The van der Waals surface area contributed by atoms with Crippen LogP contribution in [0.25, 0.3) is 0 Å². The van der Waals surface area contributed by atoms with Gasteiger partial charge in [-0.05, 0) is 80.3 Å². The van der Waals surface area contributed by atoms with E-state index in [9.17, 15) is 9.59 Å². The van der Waals surface area contributed by atoms with Crippen LogP contribution < -0.4 is 19.6 Å². The van der Waals surface area contributed by atoms with Crippen molar-refractivity contribution in [2.24, 2.45) is 5.10 Å². The summed E-state index contributed by atoms with van der Waals surface area (Å²) in [5, 5.41) is 3.99. The SMILES string of the molecule is CCOc1cc(/C=N/NC(=O)COc2c(C)ccc(C)c2C)ccc1OC(=O)c1ccccc1. The maximum Gasteiger partial charge on any atom is 0.343 e. The molecule has 176 valence electrons. The molecule has 0 spiro atoms. The Bertz CT molecular complexity index is 1190. The highest BCUT2D eigenvalue weighted by atomic mass is 16.6. The normalized spacial score (nSPS) is 10.7. The van der Waals surface area contributed by atoms with Gasteiger partial charge in [0.05, 0.1) is 18.4 Å². The molecule has 0 atom stereocenters. The molecule has 7 nitrogen and oxygen atoms in total. The van der Waals surface area contributed by atoms with Crippen molar-refractivity contribution >= 4 is 18.1 Å². The molecular formula is C27H28N2O5. The molecule has 0 bridgehead atoms. The zero-order valence-corrected chi connectivity index (χ0v) is 19.8. The highest BCUT2D eigenvalue weighted by Gasteiger charge is 2.13. The van der Waals surface area contributed by atoms with Crippen LogP contribution in [0.3, 0.4) is 0 Å². The summed E-state index contributed by atoms with van der Waals surface area (Å²) in [6.45, 7) is 7.97. The zero-order chi connectivity index (χ0) is 24.5. The third kappa shape index (κ3) is 6.45. The van der Waals surface area contributed by atoms with Crippen LogP contribution >= 0.6 is 0 Å². The van der Waals surface area contributed by atoms with E-state index in [0.29, 0.717) is 35.0 Å². The topological polar surface area (TPSA) is 86.2 Å². The first-order valence-corrected chi connectivity index (χ1v) is 10.9. The van der Waals surface area contributed by atoms with Crippen LogP contribution in [0.1, 0.15) is 39.5 Å². The Morgan fingerprint density at radius 3 is 2.38 bits per heavy atom. The number of aryl methyl sites for hydroxylation is 2. The molecule has 34 heavy (non-hydrogen) atoms. The molecule has 0 aliphatic heterocycles. The number of rotatable bonds is 9. The van der Waals surface area contributed by atoms with E-state index >= 15 is 0 Å². The molecule has 0 radical (unpaired) electrons. The van der Waals surface area contributed by atoms with Crippen molar-refractivity contribution in [2.75, 3.05) is 13.2 Å². The van der Waals surface area contributed by atoms with E-state index in [1.165, 1.54) is 6.21 Å². The highest BCUT2D eigenvalue weighted by Crippen LogP contribution is 2.29. The molecule has 3 aromatic rings. The van der Waals surface area contributed by atoms with Gasteiger partial charge in [0.2, 0.25) is 0 Å². The summed E-state index contributed by atoms with van der Waals surface area (Å²) in [6.07, 6.45) is 1.48. The highest BCUT2D eigenvalue weighted by molar-refractivity contribution is 5.91. The smallest absolute Gasteiger partial charge is 0.343 e. The number of hydrogen-bond donors (Lipinski definition) is 1. The summed E-state index contributed by atoms with van der Waals surface area (Å²) in [5.41, 5.74) is 6.63. The minimum Gasteiger partial charge on any atom is -0.490 e. The number of amides is 1. The molecule has 3 rings (SSSR count). The van der Waals surface area contributed by atoms with E-state index in [1.807, 2.05) is 45.9 Å². The van der Waals surface area contributed by atoms with E-state index in [4.69, 9.17) is 14.2 Å². The van der Waals surface area contributed by atoms with Crippen molar-refractivity contribution in [1.82, 2.24) is 5.43 Å². The maximum atomic E-state index is 12.4. The van der Waals surface area contributed by atoms with Crippen molar-refractivity contribution < 1.29 is 23.8 Å². The van der Waals surface area contributed by atoms with Gasteiger partial charge in [-0.1, -0.05) is 30.3 Å². The van der Waals surface area contributed by atoms with Gasteiger partial charge in [-0.15, -0.1) is 0 Å². The number of nitrogens with zero attached hydrogens (tertiary/aromatic N) is 1. The Kier molecular flexibility index (Phi) is 8.40. The molecule has 3 aromatic carbocycles. The number of ether oxygens (including phenoxy) is 3. The van der Waals surface area contributed by atoms with E-state index in [2.05, 4.69) is 10.5 Å². The average Bonchev–Trinajstić information content (AvgIpc) is 2.83. The first-order valence-electron chi connectivity index (χ1n) is 10.9. The first-order chi connectivity index (χ1) is 16.4. The summed E-state index contributed by atoms with van der Waals surface area (Å²) >= 11 is 0. The van der Waals surface area contributed by atoms with E-state index in [0.717, 1.165) is 16.7 Å². The van der Waals surface area contributed by atoms with Crippen LogP contribution in [-0.2, 0) is 4.79 Å². The summed E-state index contributed by atoms with van der Waals surface area (Å²) in [7, 11) is 0. The van der Waals surface area contributed by atoms with Crippen LogP contribution in [-0.4, -0.2) is 31.3 Å². The number of hydrazone groups is 1. The average molecular weight is 461 g/mol. The fourth-order valence-electron chi connectivity index (χ4n) is 3.19. The lowest BCUT2D eigenvalue weighted by molar-refractivity contribution is -0.123. The third-order valence-corrected chi connectivity index (χ3v) is 5.10. The molecule has 0 aliphatic carbocycles. The van der Waals surface area contributed by atoms with Crippen molar-refractivity contribution in [2.45, 2.75) is 27.7 Å². The molecule has 0 heterocycles. The second-order valence-electron chi connectivity index (χ2n) is 7.63. The summed E-state index contributed by atoms with van der Waals surface area (Å²) in [6, 6.07) is 17.7. The molecule has 1 amide bonds. The third-order valence-electron chi connectivity index (χ3n) is 5.10. The molecular weight excluding hydrogens is 432 g/mol. The van der Waals surface area contributed by atoms with Gasteiger partial charge in [0.15, 0.2) is 18.1 Å². The minimum atomic E-state index is -0.477. The van der Waals surface area contributed by atoms with Crippen LogP contribution in [0, 0.1) is 20.8 Å². The predicted octanol–water partition coefficient (Wildman–Crippen LogP) is 4.76. The van der Waals surface area contributed by atoms with Crippen molar-refractivity contribution in [3.05, 3.63) is 88.5 Å². The standard InChI is InChI=1S/C27H28N2O5/c1-5-32-24-15-21(13-14-23(24)34-27(31)22-9-7-6-8-10-22)16-28-29-25(30)17-33-26-19(3)12-11-18(2)20(26)4/h6-16H,5,17H2,1-4H3,(H,29,30)/b28-16+. The van der Waals surface area contributed by atoms with Gasteiger partial charge in [-0.3, -0.25) is 4.79 Å². The second kappa shape index (κ2) is 11.7. The summed E-state index contributed by atoms with van der Waals surface area (Å²) in [5.74, 6) is 0.551. The molecule has 0 aliphatic rings. The number of carbonyl (C=O) groups is 2. The number of nitrogens with one attached hydrogen (secondary N) is 1. The molecule has 0 saturated carbocycles. The van der Waals surface area contributed by atoms with Crippen molar-refractivity contribution in [1.29, 1.82) is 0 Å². The van der Waals surface area contributed by atoms with E-state index in [1.54, 1.807) is 42.5 Å². The number of carbonyl (C=O) groups excluding carboxylic acids is 2. The van der Waals surface area contributed by atoms with Crippen LogP contribution in [0.4, 0.5) is 0 Å². The van der Waals surface area contributed by atoms with Gasteiger partial charge >= 0.3 is 5.97 Å². The predicted molar refractivity (Wildman–Crippen MR) is 131 cm³/mol. The number of benzene rings is 3. The number of hydrogen-bond acceptors (Lipinski definition) is 6. The van der Waals surface area contributed by atoms with E-state index in [-0.39, 0.29) is 12.5 Å². The van der Waals surface area contributed by atoms with Crippen molar-refractivity contribution in [3.8, 4) is 17.2 Å².